The van der Waals surface area contributed by atoms with E-state index >= 15 is 0 Å². The van der Waals surface area contributed by atoms with Crippen molar-refractivity contribution in [2.45, 2.75) is 31.8 Å². The van der Waals surface area contributed by atoms with Crippen LogP contribution in [0.3, 0.4) is 0 Å². The zero-order valence-corrected chi connectivity index (χ0v) is 9.71. The van der Waals surface area contributed by atoms with Crippen LogP contribution in [0.1, 0.15) is 23.6 Å². The van der Waals surface area contributed by atoms with Crippen LogP contribution in [0.2, 0.25) is 0 Å². The molecule has 0 spiro atoms. The van der Waals surface area contributed by atoms with Crippen molar-refractivity contribution in [3.05, 3.63) is 47.5 Å². The van der Waals surface area contributed by atoms with Crippen molar-refractivity contribution in [1.29, 1.82) is 0 Å². The Morgan fingerprint density at radius 2 is 2.06 bits per heavy atom. The highest BCUT2D eigenvalue weighted by Crippen LogP contribution is 2.16. The van der Waals surface area contributed by atoms with Crippen LogP contribution >= 0.6 is 0 Å². The van der Waals surface area contributed by atoms with Gasteiger partial charge in [-0.3, -0.25) is 0 Å². The molecule has 0 fully saturated rings. The van der Waals surface area contributed by atoms with Gasteiger partial charge in [-0.05, 0) is 12.0 Å². The van der Waals surface area contributed by atoms with Gasteiger partial charge in [0.15, 0.2) is 0 Å². The van der Waals surface area contributed by atoms with E-state index in [1.165, 1.54) is 5.56 Å². The standard InChI is InChI=1S/C13H16N4/c14-11-6-7-12-15-16-13(17(12)9-11)8-10-4-2-1-3-5-10/h1-5,11H,6-9,14H2/t11-/m0/s1. The fourth-order valence-electron chi connectivity index (χ4n) is 2.32. The van der Waals surface area contributed by atoms with Crippen molar-refractivity contribution in [3.63, 3.8) is 0 Å². The van der Waals surface area contributed by atoms with E-state index in [1.54, 1.807) is 0 Å². The van der Waals surface area contributed by atoms with Crippen molar-refractivity contribution in [2.24, 2.45) is 5.73 Å². The maximum Gasteiger partial charge on any atom is 0.137 e. The second-order valence-electron chi connectivity index (χ2n) is 4.60. The highest BCUT2D eigenvalue weighted by molar-refractivity contribution is 5.19. The van der Waals surface area contributed by atoms with Crippen molar-refractivity contribution >= 4 is 0 Å². The van der Waals surface area contributed by atoms with Crippen LogP contribution in [0, 0.1) is 0 Å². The minimum absolute atomic E-state index is 0.244. The number of nitrogens with zero attached hydrogens (tertiary/aromatic N) is 3. The van der Waals surface area contributed by atoms with Gasteiger partial charge >= 0.3 is 0 Å². The van der Waals surface area contributed by atoms with E-state index < -0.39 is 0 Å². The summed E-state index contributed by atoms with van der Waals surface area (Å²) >= 11 is 0. The Balaban J connectivity index is 1.87. The lowest BCUT2D eigenvalue weighted by molar-refractivity contribution is 0.445. The fraction of sp³-hybridized carbons (Fsp3) is 0.385. The third-order valence-electron chi connectivity index (χ3n) is 3.26. The van der Waals surface area contributed by atoms with Gasteiger partial charge < -0.3 is 10.3 Å². The molecule has 0 saturated heterocycles. The van der Waals surface area contributed by atoms with Crippen molar-refractivity contribution in [2.75, 3.05) is 0 Å². The van der Waals surface area contributed by atoms with Crippen LogP contribution < -0.4 is 5.73 Å². The molecule has 4 nitrogen and oxygen atoms in total. The predicted molar refractivity (Wildman–Crippen MR) is 65.6 cm³/mol. The third-order valence-corrected chi connectivity index (χ3v) is 3.26. The first-order valence-corrected chi connectivity index (χ1v) is 6.03. The molecule has 0 saturated carbocycles. The number of aromatic nitrogens is 3. The molecule has 3 rings (SSSR count). The molecule has 0 aliphatic carbocycles. The summed E-state index contributed by atoms with van der Waals surface area (Å²) in [5.74, 6) is 2.11. The van der Waals surface area contributed by atoms with E-state index in [0.717, 1.165) is 37.5 Å². The highest BCUT2D eigenvalue weighted by atomic mass is 15.3. The Hall–Kier alpha value is -1.68. The maximum atomic E-state index is 5.99. The van der Waals surface area contributed by atoms with Crippen LogP contribution in [-0.2, 0) is 19.4 Å². The smallest absolute Gasteiger partial charge is 0.137 e. The second-order valence-corrected chi connectivity index (χ2v) is 4.60. The van der Waals surface area contributed by atoms with Gasteiger partial charge in [0.25, 0.3) is 0 Å². The van der Waals surface area contributed by atoms with Crippen LogP contribution in [0.25, 0.3) is 0 Å². The highest BCUT2D eigenvalue weighted by Gasteiger charge is 2.20. The molecule has 1 aromatic heterocycles. The minimum Gasteiger partial charge on any atom is -0.326 e. The SMILES string of the molecule is N[C@H]1CCc2nnc(Cc3ccccc3)n2C1. The van der Waals surface area contributed by atoms with E-state index in [4.69, 9.17) is 5.73 Å². The minimum atomic E-state index is 0.244. The maximum absolute atomic E-state index is 5.99. The second kappa shape index (κ2) is 4.30. The van der Waals surface area contributed by atoms with Crippen LogP contribution in [0.15, 0.2) is 30.3 Å². The summed E-state index contributed by atoms with van der Waals surface area (Å²) in [7, 11) is 0. The number of nitrogens with two attached hydrogens (primary N) is 1. The molecule has 0 unspecified atom stereocenters. The van der Waals surface area contributed by atoms with Crippen molar-refractivity contribution in [1.82, 2.24) is 14.8 Å². The average molecular weight is 228 g/mol. The Morgan fingerprint density at radius 3 is 2.88 bits per heavy atom. The Labute approximate surface area is 100 Å². The molecule has 88 valence electrons. The number of hydrogen-bond acceptors (Lipinski definition) is 3. The van der Waals surface area contributed by atoms with Crippen molar-refractivity contribution < 1.29 is 0 Å². The Bertz CT molecular complexity index is 503. The lowest BCUT2D eigenvalue weighted by Gasteiger charge is -2.20. The zero-order valence-electron chi connectivity index (χ0n) is 9.71. The summed E-state index contributed by atoms with van der Waals surface area (Å²) in [6.07, 6.45) is 2.80. The van der Waals surface area contributed by atoms with Gasteiger partial charge in [-0.2, -0.15) is 0 Å². The summed E-state index contributed by atoms with van der Waals surface area (Å²) in [6, 6.07) is 10.6. The van der Waals surface area contributed by atoms with Gasteiger partial charge in [-0.1, -0.05) is 30.3 Å². The molecule has 1 aliphatic rings. The monoisotopic (exact) mass is 228 g/mol. The topological polar surface area (TPSA) is 56.7 Å². The third kappa shape index (κ3) is 2.08. The number of rotatable bonds is 2. The quantitative estimate of drug-likeness (QED) is 0.838. The van der Waals surface area contributed by atoms with Gasteiger partial charge in [0, 0.05) is 25.4 Å². The molecule has 0 radical (unpaired) electrons. The molecule has 0 bridgehead atoms. The number of fused-ring (bicyclic) bond motifs is 1. The van der Waals surface area contributed by atoms with E-state index in [-0.39, 0.29) is 6.04 Å². The van der Waals surface area contributed by atoms with Gasteiger partial charge in [0.05, 0.1) is 0 Å². The zero-order chi connectivity index (χ0) is 11.7. The summed E-state index contributed by atoms with van der Waals surface area (Å²) in [6.45, 7) is 0.852. The summed E-state index contributed by atoms with van der Waals surface area (Å²) in [5, 5.41) is 8.53. The van der Waals surface area contributed by atoms with Gasteiger partial charge in [0.1, 0.15) is 11.6 Å². The summed E-state index contributed by atoms with van der Waals surface area (Å²) < 4.78 is 2.18. The first-order chi connectivity index (χ1) is 8.33. The molecule has 1 aliphatic heterocycles. The molecular weight excluding hydrogens is 212 g/mol. The average Bonchev–Trinajstić information content (AvgIpc) is 2.73. The van der Waals surface area contributed by atoms with Gasteiger partial charge in [0.2, 0.25) is 0 Å². The van der Waals surface area contributed by atoms with Gasteiger partial charge in [-0.25, -0.2) is 0 Å². The number of hydrogen-bond donors (Lipinski definition) is 1. The fourth-order valence-corrected chi connectivity index (χ4v) is 2.32. The van der Waals surface area contributed by atoms with E-state index in [9.17, 15) is 0 Å². The van der Waals surface area contributed by atoms with Gasteiger partial charge in [-0.15, -0.1) is 10.2 Å². The molecule has 0 amide bonds. The first-order valence-electron chi connectivity index (χ1n) is 6.03. The molecular formula is C13H16N4. The largest absolute Gasteiger partial charge is 0.326 e. The molecule has 2 aromatic rings. The van der Waals surface area contributed by atoms with Crippen LogP contribution in [0.4, 0.5) is 0 Å². The summed E-state index contributed by atoms with van der Waals surface area (Å²) in [4.78, 5) is 0. The molecule has 4 heteroatoms. The first kappa shape index (κ1) is 10.5. The van der Waals surface area contributed by atoms with E-state index in [1.807, 2.05) is 6.07 Å². The Kier molecular flexibility index (Phi) is 2.65. The van der Waals surface area contributed by atoms with Crippen LogP contribution in [0.5, 0.6) is 0 Å². The van der Waals surface area contributed by atoms with E-state index in [2.05, 4.69) is 39.0 Å². The molecule has 2 heterocycles. The van der Waals surface area contributed by atoms with Crippen molar-refractivity contribution in [3.8, 4) is 0 Å². The predicted octanol–water partition coefficient (Wildman–Crippen LogP) is 1.14. The lowest BCUT2D eigenvalue weighted by atomic mass is 10.1. The Morgan fingerprint density at radius 1 is 1.24 bits per heavy atom. The molecule has 1 aromatic carbocycles. The molecule has 17 heavy (non-hydrogen) atoms. The normalized spacial score (nSPS) is 19.0. The lowest BCUT2D eigenvalue weighted by Crippen LogP contribution is -2.32. The van der Waals surface area contributed by atoms with E-state index in [0.29, 0.717) is 0 Å². The van der Waals surface area contributed by atoms with Crippen LogP contribution in [-0.4, -0.2) is 20.8 Å². The number of aryl methyl sites for hydroxylation is 1. The molecule has 2 N–H and O–H groups in total. The summed E-state index contributed by atoms with van der Waals surface area (Å²) in [5.41, 5.74) is 7.26. The number of benzene rings is 1. The molecule has 1 atom stereocenters.